The first kappa shape index (κ1) is 22.9. The van der Waals surface area contributed by atoms with E-state index in [0.29, 0.717) is 49.0 Å². The summed E-state index contributed by atoms with van der Waals surface area (Å²) in [6, 6.07) is 17.0. The normalized spacial score (nSPS) is 15.3. The molecule has 7 nitrogen and oxygen atoms in total. The predicted molar refractivity (Wildman–Crippen MR) is 131 cm³/mol. The van der Waals surface area contributed by atoms with Gasteiger partial charge in [0, 0.05) is 38.1 Å². The van der Waals surface area contributed by atoms with E-state index >= 15 is 0 Å². The lowest BCUT2D eigenvalue weighted by molar-refractivity contribution is 0.204. The fraction of sp³-hybridized carbons (Fsp3) is 0.259. The number of piperazine rings is 1. The highest BCUT2D eigenvalue weighted by Crippen LogP contribution is 2.33. The summed E-state index contributed by atoms with van der Waals surface area (Å²) in [5.74, 6) is 0.342. The van der Waals surface area contributed by atoms with Crippen LogP contribution in [0.1, 0.15) is 28.8 Å². The van der Waals surface area contributed by atoms with E-state index in [1.165, 1.54) is 6.07 Å². The van der Waals surface area contributed by atoms with Gasteiger partial charge in [-0.3, -0.25) is 14.7 Å². The van der Waals surface area contributed by atoms with Gasteiger partial charge in [-0.2, -0.15) is 0 Å². The fourth-order valence-electron chi connectivity index (χ4n) is 4.77. The van der Waals surface area contributed by atoms with Crippen LogP contribution >= 0.6 is 0 Å². The summed E-state index contributed by atoms with van der Waals surface area (Å²) in [4.78, 5) is 22.4. The highest BCUT2D eigenvalue weighted by atomic mass is 19.1. The van der Waals surface area contributed by atoms with E-state index in [-0.39, 0.29) is 29.2 Å². The maximum atomic E-state index is 14.4. The Kier molecular flexibility index (Phi) is 6.37. The number of halogens is 1. The van der Waals surface area contributed by atoms with Crippen LogP contribution in [0.2, 0.25) is 0 Å². The maximum Gasteiger partial charge on any atom is 0.260 e. The number of aryl methyl sites for hydroxylation is 1. The Hall–Kier alpha value is -3.91. The Labute approximate surface area is 202 Å². The summed E-state index contributed by atoms with van der Waals surface area (Å²) in [6.45, 7) is 4.35. The van der Waals surface area contributed by atoms with Crippen LogP contribution in [-0.2, 0) is 6.54 Å². The molecule has 1 atom stereocenters. The monoisotopic (exact) mass is 474 g/mol. The number of aromatic hydroxyl groups is 1. The summed E-state index contributed by atoms with van der Waals surface area (Å²) >= 11 is 0. The van der Waals surface area contributed by atoms with Crippen LogP contribution in [0, 0.1) is 12.7 Å². The lowest BCUT2D eigenvalue weighted by atomic mass is 9.99. The van der Waals surface area contributed by atoms with Crippen LogP contribution in [0.4, 0.5) is 10.1 Å². The van der Waals surface area contributed by atoms with Crippen LogP contribution in [0.25, 0.3) is 0 Å². The van der Waals surface area contributed by atoms with Crippen molar-refractivity contribution in [3.63, 3.8) is 0 Å². The van der Waals surface area contributed by atoms with Crippen LogP contribution in [0.3, 0.4) is 0 Å². The van der Waals surface area contributed by atoms with Crippen molar-refractivity contribution in [1.29, 1.82) is 0 Å². The summed E-state index contributed by atoms with van der Waals surface area (Å²) in [6.07, 6.45) is 3.26. The standard InChI is InChI=1S/C27H27FN4O3/c1-19-17-24(33)25(27(34)32(19)18-20-7-6-16-35-20)26(22-9-4-5-11-29-22)31-14-12-30(13-15-31)23-10-3-2-8-21(23)28/h2-11,16-17,26,33H,12-15,18H2,1H3/t26-/m0/s1. The maximum absolute atomic E-state index is 14.4. The number of furan rings is 1. The molecule has 1 saturated heterocycles. The molecule has 0 amide bonds. The average Bonchev–Trinajstić information content (AvgIpc) is 3.39. The van der Waals surface area contributed by atoms with Crippen LogP contribution < -0.4 is 10.5 Å². The SMILES string of the molecule is Cc1cc(O)c([C@H](c2ccccn2)N2CCN(c3ccccc3F)CC2)c(=O)n1Cc1ccco1. The molecule has 1 aliphatic heterocycles. The average molecular weight is 475 g/mol. The Morgan fingerprint density at radius 3 is 2.51 bits per heavy atom. The third-order valence-electron chi connectivity index (χ3n) is 6.53. The Balaban J connectivity index is 1.52. The molecule has 5 rings (SSSR count). The van der Waals surface area contributed by atoms with Crippen LogP contribution in [-0.4, -0.2) is 45.7 Å². The van der Waals surface area contributed by atoms with Crippen LogP contribution in [0.5, 0.6) is 5.75 Å². The summed E-state index contributed by atoms with van der Waals surface area (Å²) in [5.41, 5.74) is 1.87. The Morgan fingerprint density at radius 1 is 1.06 bits per heavy atom. The van der Waals surface area contributed by atoms with Gasteiger partial charge in [-0.1, -0.05) is 18.2 Å². The summed E-state index contributed by atoms with van der Waals surface area (Å²) in [5, 5.41) is 11.0. The number of rotatable bonds is 6. The molecule has 0 unspecified atom stereocenters. The molecule has 4 aromatic rings. The Bertz CT molecular complexity index is 1350. The molecule has 1 aliphatic rings. The zero-order valence-corrected chi connectivity index (χ0v) is 19.5. The molecule has 0 saturated carbocycles. The minimum atomic E-state index is -0.546. The molecule has 3 aromatic heterocycles. The quantitative estimate of drug-likeness (QED) is 0.456. The first-order valence-electron chi connectivity index (χ1n) is 11.6. The minimum Gasteiger partial charge on any atom is -0.507 e. The van der Waals surface area contributed by atoms with E-state index in [4.69, 9.17) is 4.42 Å². The molecule has 1 N–H and O–H groups in total. The molecule has 4 heterocycles. The molecule has 180 valence electrons. The molecule has 0 aliphatic carbocycles. The molecular weight excluding hydrogens is 447 g/mol. The van der Waals surface area contributed by atoms with E-state index in [0.717, 1.165) is 0 Å². The number of nitrogens with zero attached hydrogens (tertiary/aromatic N) is 4. The highest BCUT2D eigenvalue weighted by molar-refractivity contribution is 5.48. The minimum absolute atomic E-state index is 0.0598. The van der Waals surface area contributed by atoms with Gasteiger partial charge in [0.05, 0.1) is 35.8 Å². The number of para-hydroxylation sites is 1. The number of hydrogen-bond acceptors (Lipinski definition) is 6. The van der Waals surface area contributed by atoms with E-state index in [1.807, 2.05) is 35.2 Å². The lowest BCUT2D eigenvalue weighted by Gasteiger charge is -2.40. The lowest BCUT2D eigenvalue weighted by Crippen LogP contribution is -2.49. The number of hydrogen-bond donors (Lipinski definition) is 1. The number of benzene rings is 1. The van der Waals surface area contributed by atoms with E-state index in [1.54, 1.807) is 48.2 Å². The van der Waals surface area contributed by atoms with E-state index < -0.39 is 6.04 Å². The van der Waals surface area contributed by atoms with E-state index in [9.17, 15) is 14.3 Å². The molecule has 8 heteroatoms. The van der Waals surface area contributed by atoms with Gasteiger partial charge in [-0.15, -0.1) is 0 Å². The van der Waals surface area contributed by atoms with Gasteiger partial charge in [0.2, 0.25) is 0 Å². The van der Waals surface area contributed by atoms with Crippen molar-refractivity contribution in [2.24, 2.45) is 0 Å². The second kappa shape index (κ2) is 9.76. The van der Waals surface area contributed by atoms with Gasteiger partial charge in [0.25, 0.3) is 5.56 Å². The largest absolute Gasteiger partial charge is 0.507 e. The van der Waals surface area contributed by atoms with Crippen molar-refractivity contribution >= 4 is 5.69 Å². The van der Waals surface area contributed by atoms with Crippen molar-refractivity contribution < 1.29 is 13.9 Å². The van der Waals surface area contributed by atoms with Gasteiger partial charge in [-0.05, 0) is 49.4 Å². The molecular formula is C27H27FN4O3. The molecule has 1 aromatic carbocycles. The zero-order valence-electron chi connectivity index (χ0n) is 19.5. The third kappa shape index (κ3) is 4.57. The van der Waals surface area contributed by atoms with Crippen molar-refractivity contribution in [2.75, 3.05) is 31.1 Å². The third-order valence-corrected chi connectivity index (χ3v) is 6.53. The molecule has 1 fully saturated rings. The first-order chi connectivity index (χ1) is 17.0. The van der Waals surface area contributed by atoms with Crippen molar-refractivity contribution in [2.45, 2.75) is 19.5 Å². The highest BCUT2D eigenvalue weighted by Gasteiger charge is 2.32. The zero-order chi connectivity index (χ0) is 24.4. The van der Waals surface area contributed by atoms with Gasteiger partial charge in [0.1, 0.15) is 17.3 Å². The van der Waals surface area contributed by atoms with E-state index in [2.05, 4.69) is 9.88 Å². The number of pyridine rings is 2. The van der Waals surface area contributed by atoms with Crippen molar-refractivity contribution in [3.05, 3.63) is 112 Å². The first-order valence-corrected chi connectivity index (χ1v) is 11.6. The smallest absolute Gasteiger partial charge is 0.260 e. The molecule has 35 heavy (non-hydrogen) atoms. The molecule has 0 bridgehead atoms. The van der Waals surface area contributed by atoms with Gasteiger partial charge in [-0.25, -0.2) is 4.39 Å². The van der Waals surface area contributed by atoms with Gasteiger partial charge < -0.3 is 19.0 Å². The fourth-order valence-corrected chi connectivity index (χ4v) is 4.77. The van der Waals surface area contributed by atoms with Gasteiger partial charge in [0.15, 0.2) is 0 Å². The Morgan fingerprint density at radius 2 is 1.83 bits per heavy atom. The van der Waals surface area contributed by atoms with Crippen molar-refractivity contribution in [3.8, 4) is 5.75 Å². The van der Waals surface area contributed by atoms with Gasteiger partial charge >= 0.3 is 0 Å². The van der Waals surface area contributed by atoms with Crippen molar-refractivity contribution in [1.82, 2.24) is 14.5 Å². The summed E-state index contributed by atoms with van der Waals surface area (Å²) in [7, 11) is 0. The predicted octanol–water partition coefficient (Wildman–Crippen LogP) is 3.95. The topological polar surface area (TPSA) is 74.7 Å². The number of aromatic nitrogens is 2. The molecule has 0 spiro atoms. The molecule has 0 radical (unpaired) electrons. The number of anilines is 1. The van der Waals surface area contributed by atoms with Crippen LogP contribution in [0.15, 0.2) is 82.3 Å². The second-order valence-corrected chi connectivity index (χ2v) is 8.69. The second-order valence-electron chi connectivity index (χ2n) is 8.69. The summed E-state index contributed by atoms with van der Waals surface area (Å²) < 4.78 is 21.4.